The van der Waals surface area contributed by atoms with Crippen LogP contribution in [-0.4, -0.2) is 35.9 Å². The first kappa shape index (κ1) is 11.5. The van der Waals surface area contributed by atoms with Crippen molar-refractivity contribution in [1.82, 2.24) is 5.32 Å². The predicted octanol–water partition coefficient (Wildman–Crippen LogP) is 1.01. The Balaban J connectivity index is 2.73. The van der Waals surface area contributed by atoms with Gasteiger partial charge in [-0.05, 0) is 33.7 Å². The van der Waals surface area contributed by atoms with Gasteiger partial charge in [0.2, 0.25) is 0 Å². The van der Waals surface area contributed by atoms with Crippen LogP contribution in [0, 0.1) is 0 Å². The van der Waals surface area contributed by atoms with Gasteiger partial charge in [-0.1, -0.05) is 0 Å². The summed E-state index contributed by atoms with van der Waals surface area (Å²) in [6.45, 7) is 4.63. The Labute approximate surface area is 84.6 Å². The van der Waals surface area contributed by atoms with Crippen molar-refractivity contribution < 1.29 is 14.6 Å². The molecule has 0 amide bonds. The number of carboxylic acid groups (broad SMARTS) is 1. The standard InChI is InChI=1S/C10H19NO3/c1-9(2)7-10(11-3,4-5-14-9)6-8(12)13/h11H,4-7H2,1-3H3,(H,12,13). The number of hydrogen-bond acceptors (Lipinski definition) is 3. The molecule has 1 atom stereocenters. The molecule has 0 aromatic heterocycles. The molecule has 4 nitrogen and oxygen atoms in total. The van der Waals surface area contributed by atoms with Crippen LogP contribution >= 0.6 is 0 Å². The molecule has 1 rings (SSSR count). The predicted molar refractivity (Wildman–Crippen MR) is 53.3 cm³/mol. The molecule has 1 aliphatic heterocycles. The van der Waals surface area contributed by atoms with Crippen LogP contribution in [0.4, 0.5) is 0 Å². The Bertz CT molecular complexity index is 227. The first-order valence-corrected chi connectivity index (χ1v) is 4.94. The lowest BCUT2D eigenvalue weighted by molar-refractivity contribution is -0.142. The topological polar surface area (TPSA) is 58.6 Å². The van der Waals surface area contributed by atoms with Gasteiger partial charge in [-0.2, -0.15) is 0 Å². The van der Waals surface area contributed by atoms with Crippen LogP contribution in [0.15, 0.2) is 0 Å². The molecule has 4 heteroatoms. The Morgan fingerprint density at radius 3 is 2.64 bits per heavy atom. The average Bonchev–Trinajstić information content (AvgIpc) is 2.01. The van der Waals surface area contributed by atoms with E-state index in [4.69, 9.17) is 9.84 Å². The highest BCUT2D eigenvalue weighted by Crippen LogP contribution is 2.33. The van der Waals surface area contributed by atoms with Crippen LogP contribution in [0.2, 0.25) is 0 Å². The fourth-order valence-corrected chi connectivity index (χ4v) is 2.22. The monoisotopic (exact) mass is 201 g/mol. The third kappa shape index (κ3) is 2.69. The van der Waals surface area contributed by atoms with E-state index in [-0.39, 0.29) is 17.6 Å². The van der Waals surface area contributed by atoms with E-state index < -0.39 is 5.97 Å². The van der Waals surface area contributed by atoms with Gasteiger partial charge >= 0.3 is 5.97 Å². The molecule has 1 saturated heterocycles. The first-order valence-electron chi connectivity index (χ1n) is 4.94. The van der Waals surface area contributed by atoms with E-state index in [1.54, 1.807) is 0 Å². The SMILES string of the molecule is CNC1(CC(=O)O)CCOC(C)(C)C1. The summed E-state index contributed by atoms with van der Waals surface area (Å²) >= 11 is 0. The maximum Gasteiger partial charge on any atom is 0.305 e. The lowest BCUT2D eigenvalue weighted by Gasteiger charge is -2.44. The second-order valence-electron chi connectivity index (χ2n) is 4.64. The average molecular weight is 201 g/mol. The zero-order valence-corrected chi connectivity index (χ0v) is 9.09. The van der Waals surface area contributed by atoms with Gasteiger partial charge in [0, 0.05) is 12.1 Å². The van der Waals surface area contributed by atoms with E-state index in [0.29, 0.717) is 6.61 Å². The van der Waals surface area contributed by atoms with E-state index in [1.165, 1.54) is 0 Å². The van der Waals surface area contributed by atoms with Crippen LogP contribution < -0.4 is 5.32 Å². The summed E-state index contributed by atoms with van der Waals surface area (Å²) in [6.07, 6.45) is 1.66. The molecule has 0 aliphatic carbocycles. The van der Waals surface area contributed by atoms with Gasteiger partial charge < -0.3 is 15.2 Å². The van der Waals surface area contributed by atoms with Gasteiger partial charge in [0.25, 0.3) is 0 Å². The summed E-state index contributed by atoms with van der Waals surface area (Å²) in [5.41, 5.74) is -0.524. The second kappa shape index (κ2) is 3.87. The third-order valence-electron chi connectivity index (χ3n) is 2.86. The van der Waals surface area contributed by atoms with Crippen LogP contribution in [0.3, 0.4) is 0 Å². The summed E-state index contributed by atoms with van der Waals surface area (Å²) in [4.78, 5) is 10.8. The van der Waals surface area contributed by atoms with Crippen molar-refractivity contribution in [3.63, 3.8) is 0 Å². The third-order valence-corrected chi connectivity index (χ3v) is 2.86. The smallest absolute Gasteiger partial charge is 0.305 e. The lowest BCUT2D eigenvalue weighted by atomic mass is 9.79. The van der Waals surface area contributed by atoms with Gasteiger partial charge in [0.05, 0.1) is 12.0 Å². The molecule has 82 valence electrons. The maximum atomic E-state index is 10.8. The van der Waals surface area contributed by atoms with Crippen LogP contribution in [0.25, 0.3) is 0 Å². The molecule has 0 spiro atoms. The van der Waals surface area contributed by atoms with Crippen LogP contribution in [-0.2, 0) is 9.53 Å². The summed E-state index contributed by atoms with van der Waals surface area (Å²) in [7, 11) is 1.82. The summed E-state index contributed by atoms with van der Waals surface area (Å²) < 4.78 is 5.57. The van der Waals surface area contributed by atoms with Crippen LogP contribution in [0.5, 0.6) is 0 Å². The molecule has 1 unspecified atom stereocenters. The van der Waals surface area contributed by atoms with Crippen molar-refractivity contribution in [3.8, 4) is 0 Å². The quantitative estimate of drug-likeness (QED) is 0.715. The van der Waals surface area contributed by atoms with E-state index >= 15 is 0 Å². The first-order chi connectivity index (χ1) is 6.39. The fraction of sp³-hybridized carbons (Fsp3) is 0.900. The Kier molecular flexibility index (Phi) is 3.17. The van der Waals surface area contributed by atoms with Crippen molar-refractivity contribution in [2.75, 3.05) is 13.7 Å². The van der Waals surface area contributed by atoms with E-state index in [2.05, 4.69) is 5.32 Å². The van der Waals surface area contributed by atoms with Gasteiger partial charge in [0.15, 0.2) is 0 Å². The number of hydrogen-bond donors (Lipinski definition) is 2. The molecule has 0 aromatic rings. The highest BCUT2D eigenvalue weighted by Gasteiger charge is 2.41. The molecule has 0 radical (unpaired) electrons. The minimum atomic E-state index is -0.753. The highest BCUT2D eigenvalue weighted by molar-refractivity contribution is 5.68. The minimum Gasteiger partial charge on any atom is -0.481 e. The maximum absolute atomic E-state index is 10.8. The molecule has 2 N–H and O–H groups in total. The normalized spacial score (nSPS) is 31.4. The Morgan fingerprint density at radius 1 is 1.57 bits per heavy atom. The number of ether oxygens (including phenoxy) is 1. The molecule has 0 aromatic carbocycles. The van der Waals surface area contributed by atoms with E-state index in [0.717, 1.165) is 12.8 Å². The molecule has 1 fully saturated rings. The minimum absolute atomic E-state index is 0.163. The van der Waals surface area contributed by atoms with Gasteiger partial charge in [-0.3, -0.25) is 4.79 Å². The molecular formula is C10H19NO3. The Morgan fingerprint density at radius 2 is 2.21 bits per heavy atom. The lowest BCUT2D eigenvalue weighted by Crippen LogP contribution is -2.54. The molecule has 1 heterocycles. The Hall–Kier alpha value is -0.610. The number of nitrogens with one attached hydrogen (secondary N) is 1. The summed E-state index contributed by atoms with van der Waals surface area (Å²) in [5.74, 6) is -0.753. The molecule has 14 heavy (non-hydrogen) atoms. The van der Waals surface area contributed by atoms with Crippen molar-refractivity contribution >= 4 is 5.97 Å². The van der Waals surface area contributed by atoms with Crippen molar-refractivity contribution in [2.45, 2.75) is 44.2 Å². The van der Waals surface area contributed by atoms with Gasteiger partial charge in [-0.15, -0.1) is 0 Å². The molecule has 0 bridgehead atoms. The zero-order chi connectivity index (χ0) is 10.8. The van der Waals surface area contributed by atoms with Gasteiger partial charge in [0.1, 0.15) is 0 Å². The number of rotatable bonds is 3. The molecular weight excluding hydrogens is 182 g/mol. The van der Waals surface area contributed by atoms with Crippen LogP contribution in [0.1, 0.15) is 33.1 Å². The fourth-order valence-electron chi connectivity index (χ4n) is 2.22. The number of carbonyl (C=O) groups is 1. The zero-order valence-electron chi connectivity index (χ0n) is 9.09. The number of aliphatic carboxylic acids is 1. The van der Waals surface area contributed by atoms with Crippen molar-refractivity contribution in [1.29, 1.82) is 0 Å². The molecule has 1 aliphatic rings. The summed E-state index contributed by atoms with van der Waals surface area (Å²) in [5, 5.41) is 12.0. The highest BCUT2D eigenvalue weighted by atomic mass is 16.5. The van der Waals surface area contributed by atoms with Gasteiger partial charge in [-0.25, -0.2) is 0 Å². The number of carboxylic acids is 1. The van der Waals surface area contributed by atoms with Crippen molar-refractivity contribution in [2.24, 2.45) is 0 Å². The van der Waals surface area contributed by atoms with Crippen molar-refractivity contribution in [3.05, 3.63) is 0 Å². The van der Waals surface area contributed by atoms with E-state index in [1.807, 2.05) is 20.9 Å². The largest absolute Gasteiger partial charge is 0.481 e. The van der Waals surface area contributed by atoms with E-state index in [9.17, 15) is 4.79 Å². The second-order valence-corrected chi connectivity index (χ2v) is 4.64. The summed E-state index contributed by atoms with van der Waals surface area (Å²) in [6, 6.07) is 0. The molecule has 0 saturated carbocycles.